The van der Waals surface area contributed by atoms with Crippen LogP contribution in [0.4, 0.5) is 0 Å². The molecule has 0 atom stereocenters. The van der Waals surface area contributed by atoms with Gasteiger partial charge in [0.05, 0.1) is 14.2 Å². The molecular formula is C14H18N4O2. The molecule has 0 fully saturated rings. The summed E-state index contributed by atoms with van der Waals surface area (Å²) in [6.45, 7) is 2.34. The highest BCUT2D eigenvalue weighted by molar-refractivity contribution is 5.60. The number of nitrogens with two attached hydrogens (primary N) is 1. The standard InChI is InChI=1S/C14H18N4O2/c1-9-16-13(4-5-15)18-14(17-9)10-6-11(19-2)8-12(7-10)20-3/h6-8H,4-5,15H2,1-3H3. The number of hydrogen-bond donors (Lipinski definition) is 1. The third-order valence-electron chi connectivity index (χ3n) is 2.77. The predicted octanol–water partition coefficient (Wildman–Crippen LogP) is 1.37. The maximum absolute atomic E-state index is 5.55. The Labute approximate surface area is 118 Å². The fourth-order valence-electron chi connectivity index (χ4n) is 1.84. The van der Waals surface area contributed by atoms with Gasteiger partial charge in [-0.3, -0.25) is 0 Å². The average Bonchev–Trinajstić information content (AvgIpc) is 2.46. The van der Waals surface area contributed by atoms with E-state index in [2.05, 4.69) is 15.0 Å². The number of rotatable bonds is 5. The average molecular weight is 274 g/mol. The lowest BCUT2D eigenvalue weighted by atomic mass is 10.2. The van der Waals surface area contributed by atoms with Crippen LogP contribution < -0.4 is 15.2 Å². The van der Waals surface area contributed by atoms with Crippen LogP contribution in [0.5, 0.6) is 11.5 Å². The molecule has 2 aromatic rings. The maximum atomic E-state index is 5.55. The Kier molecular flexibility index (Phi) is 4.47. The van der Waals surface area contributed by atoms with Crippen molar-refractivity contribution in [3.05, 3.63) is 29.8 Å². The minimum Gasteiger partial charge on any atom is -0.497 e. The van der Waals surface area contributed by atoms with E-state index in [1.807, 2.05) is 19.1 Å². The smallest absolute Gasteiger partial charge is 0.163 e. The van der Waals surface area contributed by atoms with Crippen LogP contribution in [0, 0.1) is 6.92 Å². The van der Waals surface area contributed by atoms with Crippen LogP contribution in [-0.4, -0.2) is 35.7 Å². The Bertz CT molecular complexity index is 579. The Morgan fingerprint density at radius 2 is 1.65 bits per heavy atom. The molecule has 0 aliphatic rings. The molecule has 0 amide bonds. The highest BCUT2D eigenvalue weighted by Gasteiger charge is 2.09. The topological polar surface area (TPSA) is 83.2 Å². The summed E-state index contributed by atoms with van der Waals surface area (Å²) in [5.41, 5.74) is 6.37. The molecule has 0 bridgehead atoms. The quantitative estimate of drug-likeness (QED) is 0.886. The van der Waals surface area contributed by atoms with Crippen molar-refractivity contribution < 1.29 is 9.47 Å². The molecule has 1 heterocycles. The first-order valence-electron chi connectivity index (χ1n) is 6.31. The second-order valence-corrected chi connectivity index (χ2v) is 4.26. The molecule has 1 aromatic heterocycles. The zero-order valence-electron chi connectivity index (χ0n) is 11.9. The van der Waals surface area contributed by atoms with Crippen molar-refractivity contribution in [1.82, 2.24) is 15.0 Å². The number of aryl methyl sites for hydroxylation is 1. The van der Waals surface area contributed by atoms with Crippen molar-refractivity contribution in [3.8, 4) is 22.9 Å². The van der Waals surface area contributed by atoms with Crippen molar-refractivity contribution >= 4 is 0 Å². The summed E-state index contributed by atoms with van der Waals surface area (Å²) < 4.78 is 10.5. The molecule has 20 heavy (non-hydrogen) atoms. The number of aromatic nitrogens is 3. The molecule has 6 nitrogen and oxygen atoms in total. The molecule has 6 heteroatoms. The number of nitrogens with zero attached hydrogens (tertiary/aromatic N) is 3. The SMILES string of the molecule is COc1cc(OC)cc(-c2nc(C)nc(CCN)n2)c1. The molecule has 0 saturated carbocycles. The van der Waals surface area contributed by atoms with Crippen LogP contribution in [0.15, 0.2) is 18.2 Å². The Morgan fingerprint density at radius 3 is 2.20 bits per heavy atom. The molecule has 2 N–H and O–H groups in total. The van der Waals surface area contributed by atoms with E-state index in [0.29, 0.717) is 41.9 Å². The molecule has 0 spiro atoms. The van der Waals surface area contributed by atoms with Crippen molar-refractivity contribution in [1.29, 1.82) is 0 Å². The first kappa shape index (κ1) is 14.2. The van der Waals surface area contributed by atoms with Gasteiger partial charge in [0.25, 0.3) is 0 Å². The summed E-state index contributed by atoms with van der Waals surface area (Å²) in [6.07, 6.45) is 0.622. The van der Waals surface area contributed by atoms with Crippen LogP contribution in [0.25, 0.3) is 11.4 Å². The van der Waals surface area contributed by atoms with E-state index in [9.17, 15) is 0 Å². The lowest BCUT2D eigenvalue weighted by Crippen LogP contribution is -2.09. The number of ether oxygens (including phenoxy) is 2. The fourth-order valence-corrected chi connectivity index (χ4v) is 1.84. The highest BCUT2D eigenvalue weighted by atomic mass is 16.5. The summed E-state index contributed by atoms with van der Waals surface area (Å²) >= 11 is 0. The maximum Gasteiger partial charge on any atom is 0.163 e. The van der Waals surface area contributed by atoms with Crippen molar-refractivity contribution in [2.75, 3.05) is 20.8 Å². The lowest BCUT2D eigenvalue weighted by molar-refractivity contribution is 0.394. The van der Waals surface area contributed by atoms with Gasteiger partial charge in [-0.25, -0.2) is 15.0 Å². The van der Waals surface area contributed by atoms with E-state index >= 15 is 0 Å². The van der Waals surface area contributed by atoms with E-state index in [0.717, 1.165) is 5.56 Å². The molecule has 0 unspecified atom stereocenters. The summed E-state index contributed by atoms with van der Waals surface area (Å²) in [5, 5.41) is 0. The first-order chi connectivity index (χ1) is 9.66. The molecule has 0 saturated heterocycles. The van der Waals surface area contributed by atoms with Crippen LogP contribution in [0.3, 0.4) is 0 Å². The summed E-state index contributed by atoms with van der Waals surface area (Å²) in [5.74, 6) is 3.34. The van der Waals surface area contributed by atoms with Gasteiger partial charge in [-0.2, -0.15) is 0 Å². The molecule has 2 rings (SSSR count). The minimum atomic E-state index is 0.504. The number of hydrogen-bond acceptors (Lipinski definition) is 6. The largest absolute Gasteiger partial charge is 0.497 e. The Hall–Kier alpha value is -2.21. The van der Waals surface area contributed by atoms with Crippen LogP contribution in [0.1, 0.15) is 11.6 Å². The zero-order valence-corrected chi connectivity index (χ0v) is 11.9. The minimum absolute atomic E-state index is 0.504. The van der Waals surface area contributed by atoms with Gasteiger partial charge >= 0.3 is 0 Å². The zero-order chi connectivity index (χ0) is 14.5. The van der Waals surface area contributed by atoms with Gasteiger partial charge in [0.2, 0.25) is 0 Å². The van der Waals surface area contributed by atoms with Crippen molar-refractivity contribution in [2.24, 2.45) is 5.73 Å². The number of methoxy groups -OCH3 is 2. The highest BCUT2D eigenvalue weighted by Crippen LogP contribution is 2.27. The molecule has 0 aliphatic carbocycles. The normalized spacial score (nSPS) is 10.4. The van der Waals surface area contributed by atoms with Crippen LogP contribution in [0.2, 0.25) is 0 Å². The van der Waals surface area contributed by atoms with Gasteiger partial charge < -0.3 is 15.2 Å². The molecule has 0 aliphatic heterocycles. The Morgan fingerprint density at radius 1 is 1.00 bits per heavy atom. The van der Waals surface area contributed by atoms with E-state index in [4.69, 9.17) is 15.2 Å². The van der Waals surface area contributed by atoms with Crippen molar-refractivity contribution in [2.45, 2.75) is 13.3 Å². The third kappa shape index (κ3) is 3.21. The van der Waals surface area contributed by atoms with Gasteiger partial charge in [-0.05, 0) is 25.6 Å². The van der Waals surface area contributed by atoms with Gasteiger partial charge in [-0.1, -0.05) is 0 Å². The lowest BCUT2D eigenvalue weighted by Gasteiger charge is -2.09. The summed E-state index contributed by atoms with van der Waals surface area (Å²) in [7, 11) is 3.22. The molecular weight excluding hydrogens is 256 g/mol. The van der Waals surface area contributed by atoms with E-state index < -0.39 is 0 Å². The first-order valence-corrected chi connectivity index (χ1v) is 6.31. The second-order valence-electron chi connectivity index (χ2n) is 4.26. The molecule has 1 aromatic carbocycles. The fraction of sp³-hybridized carbons (Fsp3) is 0.357. The predicted molar refractivity (Wildman–Crippen MR) is 75.9 cm³/mol. The molecule has 0 radical (unpaired) electrons. The molecule has 106 valence electrons. The van der Waals surface area contributed by atoms with E-state index in [1.165, 1.54) is 0 Å². The third-order valence-corrected chi connectivity index (χ3v) is 2.77. The monoisotopic (exact) mass is 274 g/mol. The van der Waals surface area contributed by atoms with Gasteiger partial charge in [0, 0.05) is 18.1 Å². The van der Waals surface area contributed by atoms with Crippen molar-refractivity contribution in [3.63, 3.8) is 0 Å². The summed E-state index contributed by atoms with van der Waals surface area (Å²) in [4.78, 5) is 13.1. The Balaban J connectivity index is 2.49. The van der Waals surface area contributed by atoms with Gasteiger partial charge in [-0.15, -0.1) is 0 Å². The summed E-state index contributed by atoms with van der Waals surface area (Å²) in [6, 6.07) is 5.53. The van der Waals surface area contributed by atoms with E-state index in [1.54, 1.807) is 20.3 Å². The van der Waals surface area contributed by atoms with Crippen LogP contribution >= 0.6 is 0 Å². The number of benzene rings is 1. The van der Waals surface area contributed by atoms with Gasteiger partial charge in [0.15, 0.2) is 5.82 Å². The van der Waals surface area contributed by atoms with Crippen LogP contribution in [-0.2, 0) is 6.42 Å². The second kappa shape index (κ2) is 6.29. The van der Waals surface area contributed by atoms with E-state index in [-0.39, 0.29) is 0 Å². The van der Waals surface area contributed by atoms with Gasteiger partial charge in [0.1, 0.15) is 23.1 Å².